The number of likely N-dealkylation sites (tertiary alicyclic amines) is 1. The largest absolute Gasteiger partial charge is 0.457 e. The average molecular weight is 491 g/mol. The predicted octanol–water partition coefficient (Wildman–Crippen LogP) is 4.80. The number of nitrogens with zero attached hydrogens (tertiary/aromatic N) is 2. The summed E-state index contributed by atoms with van der Waals surface area (Å²) in [6.07, 6.45) is 0.838. The zero-order valence-electron chi connectivity index (χ0n) is 19.7. The molecule has 0 radical (unpaired) electrons. The number of anilines is 1. The number of ether oxygens (including phenoxy) is 1. The van der Waals surface area contributed by atoms with Crippen molar-refractivity contribution in [1.29, 1.82) is 0 Å². The molecule has 0 aromatic heterocycles. The summed E-state index contributed by atoms with van der Waals surface area (Å²) >= 11 is 6.10. The maximum atomic E-state index is 13.0. The molecule has 1 heterocycles. The van der Waals surface area contributed by atoms with Crippen molar-refractivity contribution < 1.29 is 9.53 Å². The van der Waals surface area contributed by atoms with Gasteiger partial charge in [0.1, 0.15) is 11.5 Å². The van der Waals surface area contributed by atoms with E-state index in [0.717, 1.165) is 34.9 Å². The van der Waals surface area contributed by atoms with Crippen LogP contribution in [0.15, 0.2) is 91.1 Å². The van der Waals surface area contributed by atoms with Gasteiger partial charge < -0.3 is 25.6 Å². The van der Waals surface area contributed by atoms with Crippen molar-refractivity contribution in [3.05, 3.63) is 102 Å². The minimum Gasteiger partial charge on any atom is -0.457 e. The zero-order valence-corrected chi connectivity index (χ0v) is 20.5. The van der Waals surface area contributed by atoms with Crippen molar-refractivity contribution >= 4 is 23.2 Å². The van der Waals surface area contributed by atoms with Crippen molar-refractivity contribution in [2.24, 2.45) is 5.73 Å². The Morgan fingerprint density at radius 1 is 1.06 bits per heavy atom. The van der Waals surface area contributed by atoms with Crippen LogP contribution in [-0.4, -0.2) is 43.0 Å². The lowest BCUT2D eigenvalue weighted by Crippen LogP contribution is -2.42. The van der Waals surface area contributed by atoms with E-state index in [1.165, 1.54) is 0 Å². The van der Waals surface area contributed by atoms with E-state index >= 15 is 0 Å². The van der Waals surface area contributed by atoms with Crippen molar-refractivity contribution in [2.75, 3.05) is 31.1 Å². The van der Waals surface area contributed by atoms with Gasteiger partial charge in [0.05, 0.1) is 13.1 Å². The van der Waals surface area contributed by atoms with Crippen LogP contribution in [0.25, 0.3) is 0 Å². The Hall–Kier alpha value is -3.48. The molecular formula is C28H31ClN4O2. The van der Waals surface area contributed by atoms with Gasteiger partial charge in [0.25, 0.3) is 0 Å². The fourth-order valence-electron chi connectivity index (χ4n) is 4.03. The van der Waals surface area contributed by atoms with E-state index in [-0.39, 0.29) is 18.5 Å². The molecule has 1 aliphatic rings. The number of halogens is 1. The van der Waals surface area contributed by atoms with Gasteiger partial charge in [-0.2, -0.15) is 0 Å². The fraction of sp³-hybridized carbons (Fsp3) is 0.250. The van der Waals surface area contributed by atoms with Crippen molar-refractivity contribution in [2.45, 2.75) is 19.0 Å². The van der Waals surface area contributed by atoms with E-state index < -0.39 is 0 Å². The summed E-state index contributed by atoms with van der Waals surface area (Å²) in [5.41, 5.74) is 8.80. The van der Waals surface area contributed by atoms with Gasteiger partial charge in [-0.3, -0.25) is 4.79 Å². The molecule has 6 nitrogen and oxygen atoms in total. The molecule has 0 bridgehead atoms. The van der Waals surface area contributed by atoms with Crippen LogP contribution in [0.5, 0.6) is 11.5 Å². The van der Waals surface area contributed by atoms with E-state index in [9.17, 15) is 4.79 Å². The molecule has 182 valence electrons. The average Bonchev–Trinajstić information content (AvgIpc) is 3.30. The highest BCUT2D eigenvalue weighted by Gasteiger charge is 2.25. The Morgan fingerprint density at radius 2 is 1.80 bits per heavy atom. The Kier molecular flexibility index (Phi) is 8.29. The number of rotatable bonds is 10. The maximum absolute atomic E-state index is 13.0. The summed E-state index contributed by atoms with van der Waals surface area (Å²) in [5.74, 6) is 1.57. The van der Waals surface area contributed by atoms with Crippen molar-refractivity contribution in [3.63, 3.8) is 0 Å². The van der Waals surface area contributed by atoms with Crippen LogP contribution in [0.2, 0.25) is 5.02 Å². The monoisotopic (exact) mass is 490 g/mol. The number of hydrogen-bond acceptors (Lipinski definition) is 5. The van der Waals surface area contributed by atoms with Gasteiger partial charge >= 0.3 is 0 Å². The number of amides is 1. The third-order valence-electron chi connectivity index (χ3n) is 5.90. The number of carbonyl (C=O) groups is 1. The molecule has 7 heteroatoms. The number of benzene rings is 3. The first kappa shape index (κ1) is 24.6. The van der Waals surface area contributed by atoms with Crippen LogP contribution in [-0.2, 0) is 11.3 Å². The molecule has 1 aliphatic heterocycles. The topological polar surface area (TPSA) is 70.8 Å². The van der Waals surface area contributed by atoms with Gasteiger partial charge in [-0.25, -0.2) is 0 Å². The smallest absolute Gasteiger partial charge is 0.242 e. The van der Waals surface area contributed by atoms with Crippen molar-refractivity contribution in [3.8, 4) is 11.5 Å². The first-order valence-corrected chi connectivity index (χ1v) is 12.1. The molecule has 0 saturated carbocycles. The first-order valence-electron chi connectivity index (χ1n) is 11.7. The summed E-state index contributed by atoms with van der Waals surface area (Å²) < 4.78 is 5.92. The summed E-state index contributed by atoms with van der Waals surface area (Å²) in [7, 11) is 0. The molecule has 35 heavy (non-hydrogen) atoms. The molecule has 1 saturated heterocycles. The standard InChI is InChI=1S/C28H31ClN4O2/c1-21(31-17-22-6-5-7-23(29)16-22)18-33(20-28(34)32-15-14-24(30)19-32)25-10-12-27(13-11-25)35-26-8-3-2-4-9-26/h2-13,16,24,31H,1,14-15,17-20,30H2/t24-/m0/s1. The molecule has 3 aromatic carbocycles. The highest BCUT2D eigenvalue weighted by molar-refractivity contribution is 6.30. The second-order valence-electron chi connectivity index (χ2n) is 8.74. The van der Waals surface area contributed by atoms with Crippen LogP contribution in [0.4, 0.5) is 5.69 Å². The number of nitrogens with one attached hydrogen (secondary N) is 1. The Morgan fingerprint density at radius 3 is 2.49 bits per heavy atom. The normalized spacial score (nSPS) is 15.0. The van der Waals surface area contributed by atoms with Gasteiger partial charge in [0.2, 0.25) is 5.91 Å². The fourth-order valence-corrected chi connectivity index (χ4v) is 4.24. The van der Waals surface area contributed by atoms with E-state index in [1.807, 2.05) is 88.7 Å². The molecule has 4 rings (SSSR count). The summed E-state index contributed by atoms with van der Waals surface area (Å²) in [6, 6.07) is 25.1. The van der Waals surface area contributed by atoms with Crippen molar-refractivity contribution in [1.82, 2.24) is 10.2 Å². The van der Waals surface area contributed by atoms with Crippen LogP contribution < -0.4 is 20.7 Å². The highest BCUT2D eigenvalue weighted by atomic mass is 35.5. The third-order valence-corrected chi connectivity index (χ3v) is 6.13. The molecule has 0 aliphatic carbocycles. The summed E-state index contributed by atoms with van der Waals surface area (Å²) in [5, 5.41) is 4.05. The SMILES string of the molecule is C=C(CN(CC(=O)N1CC[C@H](N)C1)c1ccc(Oc2ccccc2)cc1)NCc1cccc(Cl)c1. The summed E-state index contributed by atoms with van der Waals surface area (Å²) in [6.45, 7) is 6.81. The molecule has 3 aromatic rings. The molecule has 1 atom stereocenters. The quantitative estimate of drug-likeness (QED) is 0.427. The molecule has 1 amide bonds. The molecule has 0 unspecified atom stereocenters. The van der Waals surface area contributed by atoms with Crippen LogP contribution in [0.3, 0.4) is 0 Å². The minimum absolute atomic E-state index is 0.0520. The first-order chi connectivity index (χ1) is 17.0. The maximum Gasteiger partial charge on any atom is 0.242 e. The number of para-hydroxylation sites is 1. The van der Waals surface area contributed by atoms with Gasteiger partial charge in [-0.05, 0) is 60.5 Å². The van der Waals surface area contributed by atoms with Gasteiger partial charge in [0, 0.05) is 42.1 Å². The third kappa shape index (κ3) is 7.25. The van der Waals surface area contributed by atoms with Crippen LogP contribution >= 0.6 is 11.6 Å². The van der Waals surface area contributed by atoms with E-state index in [1.54, 1.807) is 0 Å². The lowest BCUT2D eigenvalue weighted by atomic mass is 10.2. The lowest BCUT2D eigenvalue weighted by molar-refractivity contribution is -0.128. The Balaban J connectivity index is 1.44. The molecule has 0 spiro atoms. The van der Waals surface area contributed by atoms with Crippen LogP contribution in [0, 0.1) is 0 Å². The lowest BCUT2D eigenvalue weighted by Gasteiger charge is -2.28. The Bertz CT molecular complexity index is 1140. The minimum atomic E-state index is 0.0520. The van der Waals surface area contributed by atoms with Crippen LogP contribution in [0.1, 0.15) is 12.0 Å². The predicted molar refractivity (Wildman–Crippen MR) is 142 cm³/mol. The van der Waals surface area contributed by atoms with Gasteiger partial charge in [-0.1, -0.05) is 48.5 Å². The van der Waals surface area contributed by atoms with Gasteiger partial charge in [0.15, 0.2) is 0 Å². The van der Waals surface area contributed by atoms with E-state index in [2.05, 4.69) is 11.9 Å². The number of nitrogens with two attached hydrogens (primary N) is 1. The number of carbonyl (C=O) groups excluding carboxylic acids is 1. The Labute approximate surface area is 211 Å². The van der Waals surface area contributed by atoms with E-state index in [0.29, 0.717) is 31.2 Å². The summed E-state index contributed by atoms with van der Waals surface area (Å²) in [4.78, 5) is 16.9. The second kappa shape index (κ2) is 11.8. The van der Waals surface area contributed by atoms with Gasteiger partial charge in [-0.15, -0.1) is 0 Å². The molecule has 3 N–H and O–H groups in total. The number of hydrogen-bond donors (Lipinski definition) is 2. The highest BCUT2D eigenvalue weighted by Crippen LogP contribution is 2.25. The molecule has 1 fully saturated rings. The zero-order chi connectivity index (χ0) is 24.6. The van der Waals surface area contributed by atoms with E-state index in [4.69, 9.17) is 22.1 Å². The second-order valence-corrected chi connectivity index (χ2v) is 9.18. The molecular weight excluding hydrogens is 460 g/mol.